The lowest BCUT2D eigenvalue weighted by Gasteiger charge is -2.32. The number of amides is 1. The van der Waals surface area contributed by atoms with Crippen LogP contribution in [0.3, 0.4) is 0 Å². The van der Waals surface area contributed by atoms with Gasteiger partial charge in [-0.3, -0.25) is 9.59 Å². The molecule has 0 radical (unpaired) electrons. The van der Waals surface area contributed by atoms with Gasteiger partial charge in [0.2, 0.25) is 0 Å². The summed E-state index contributed by atoms with van der Waals surface area (Å²) < 4.78 is 1.45. The maximum absolute atomic E-state index is 12.7. The summed E-state index contributed by atoms with van der Waals surface area (Å²) in [4.78, 5) is 34.5. The third-order valence-electron chi connectivity index (χ3n) is 4.00. The number of likely N-dealkylation sites (N-methyl/N-ethyl adjacent to an activating group) is 1. The van der Waals surface area contributed by atoms with Gasteiger partial charge in [0.15, 0.2) is 0 Å². The van der Waals surface area contributed by atoms with Gasteiger partial charge in [0.05, 0.1) is 16.6 Å². The molecule has 0 bridgehead atoms. The first-order valence-electron chi connectivity index (χ1n) is 6.91. The lowest BCUT2D eigenvalue weighted by Crippen LogP contribution is -2.47. The monoisotopic (exact) mass is 306 g/mol. The van der Waals surface area contributed by atoms with Gasteiger partial charge in [0, 0.05) is 33.2 Å². The van der Waals surface area contributed by atoms with Crippen molar-refractivity contribution in [3.8, 4) is 0 Å². The second-order valence-corrected chi connectivity index (χ2v) is 6.49. The summed E-state index contributed by atoms with van der Waals surface area (Å²) in [5, 5.41) is 0.572. The molecule has 1 amide bonds. The van der Waals surface area contributed by atoms with E-state index in [9.17, 15) is 9.59 Å². The molecular weight excluding hydrogens is 288 g/mol. The van der Waals surface area contributed by atoms with E-state index in [1.54, 1.807) is 7.05 Å². The Kier molecular flexibility index (Phi) is 3.54. The number of aryl methyl sites for hydroxylation is 2. The van der Waals surface area contributed by atoms with Crippen LogP contribution in [0.4, 0.5) is 0 Å². The van der Waals surface area contributed by atoms with Crippen molar-refractivity contribution in [3.05, 3.63) is 27.1 Å². The van der Waals surface area contributed by atoms with Crippen LogP contribution in [0.1, 0.15) is 15.2 Å². The minimum Gasteiger partial charge on any atom is -0.335 e. The molecule has 6 nitrogen and oxygen atoms in total. The van der Waals surface area contributed by atoms with Crippen LogP contribution in [-0.4, -0.2) is 58.5 Å². The largest absolute Gasteiger partial charge is 0.335 e. The first kappa shape index (κ1) is 14.2. The van der Waals surface area contributed by atoms with E-state index in [1.165, 1.54) is 22.2 Å². The number of rotatable bonds is 1. The highest BCUT2D eigenvalue weighted by Crippen LogP contribution is 2.28. The molecule has 0 unspecified atom stereocenters. The van der Waals surface area contributed by atoms with Gasteiger partial charge in [-0.1, -0.05) is 0 Å². The summed E-state index contributed by atoms with van der Waals surface area (Å²) in [6, 6.07) is 0. The molecule has 1 aliphatic heterocycles. The first-order valence-corrected chi connectivity index (χ1v) is 7.73. The van der Waals surface area contributed by atoms with Crippen molar-refractivity contribution in [2.24, 2.45) is 7.05 Å². The van der Waals surface area contributed by atoms with Crippen molar-refractivity contribution < 1.29 is 4.79 Å². The van der Waals surface area contributed by atoms with Crippen molar-refractivity contribution in [2.45, 2.75) is 6.92 Å². The Morgan fingerprint density at radius 2 is 1.90 bits per heavy atom. The van der Waals surface area contributed by atoms with Gasteiger partial charge >= 0.3 is 0 Å². The van der Waals surface area contributed by atoms with Crippen LogP contribution in [-0.2, 0) is 7.05 Å². The van der Waals surface area contributed by atoms with Crippen molar-refractivity contribution in [1.29, 1.82) is 0 Å². The van der Waals surface area contributed by atoms with Crippen LogP contribution in [0.5, 0.6) is 0 Å². The summed E-state index contributed by atoms with van der Waals surface area (Å²) in [6.07, 6.45) is 1.50. The highest BCUT2D eigenvalue weighted by atomic mass is 32.1. The highest BCUT2D eigenvalue weighted by Gasteiger charge is 2.25. The van der Waals surface area contributed by atoms with Gasteiger partial charge in [-0.15, -0.1) is 11.3 Å². The zero-order valence-corrected chi connectivity index (χ0v) is 13.2. The van der Waals surface area contributed by atoms with Gasteiger partial charge in [0.25, 0.3) is 11.5 Å². The third kappa shape index (κ3) is 2.36. The Morgan fingerprint density at radius 1 is 1.24 bits per heavy atom. The van der Waals surface area contributed by atoms with Crippen LogP contribution in [0.25, 0.3) is 10.2 Å². The number of hydrogen-bond donors (Lipinski definition) is 0. The lowest BCUT2D eigenvalue weighted by molar-refractivity contribution is 0.0668. The van der Waals surface area contributed by atoms with E-state index in [0.717, 1.165) is 31.7 Å². The van der Waals surface area contributed by atoms with Crippen LogP contribution in [0, 0.1) is 6.92 Å². The predicted molar refractivity (Wildman–Crippen MR) is 83.0 cm³/mol. The number of fused-ring (bicyclic) bond motifs is 1. The van der Waals surface area contributed by atoms with E-state index in [2.05, 4.69) is 16.9 Å². The van der Waals surface area contributed by atoms with Crippen molar-refractivity contribution in [1.82, 2.24) is 19.4 Å². The van der Waals surface area contributed by atoms with Crippen LogP contribution in [0.2, 0.25) is 0 Å². The molecule has 1 aliphatic rings. The van der Waals surface area contributed by atoms with E-state index in [1.807, 2.05) is 11.8 Å². The second-order valence-electron chi connectivity index (χ2n) is 5.49. The SMILES string of the molecule is Cc1c(C(=O)N2CCN(C)CC2)sc2ncn(C)c(=O)c12. The number of carbonyl (C=O) groups is 1. The summed E-state index contributed by atoms with van der Waals surface area (Å²) in [6.45, 7) is 5.07. The molecular formula is C14H18N4O2S. The number of piperazine rings is 1. The van der Waals surface area contributed by atoms with Gasteiger partial charge in [-0.2, -0.15) is 0 Å². The van der Waals surface area contributed by atoms with Crippen LogP contribution in [0.15, 0.2) is 11.1 Å². The Labute approximate surface area is 126 Å². The first-order chi connectivity index (χ1) is 9.99. The molecule has 3 rings (SSSR count). The Hall–Kier alpha value is -1.73. The Morgan fingerprint density at radius 3 is 2.57 bits per heavy atom. The quantitative estimate of drug-likeness (QED) is 0.778. The average molecular weight is 306 g/mol. The standard InChI is InChI=1S/C14H18N4O2S/c1-9-10-12(15-8-17(3)13(10)19)21-11(9)14(20)18-6-4-16(2)5-7-18/h8H,4-7H2,1-3H3. The summed E-state index contributed by atoms with van der Waals surface area (Å²) in [7, 11) is 3.73. The lowest BCUT2D eigenvalue weighted by atomic mass is 10.2. The molecule has 1 saturated heterocycles. The zero-order chi connectivity index (χ0) is 15.1. The van der Waals surface area contributed by atoms with Crippen molar-refractivity contribution in [3.63, 3.8) is 0 Å². The topological polar surface area (TPSA) is 58.4 Å². The van der Waals surface area contributed by atoms with E-state index in [4.69, 9.17) is 0 Å². The maximum Gasteiger partial charge on any atom is 0.264 e. The third-order valence-corrected chi connectivity index (χ3v) is 5.18. The summed E-state index contributed by atoms with van der Waals surface area (Å²) >= 11 is 1.32. The maximum atomic E-state index is 12.7. The van der Waals surface area contributed by atoms with Gasteiger partial charge in [-0.05, 0) is 19.5 Å². The smallest absolute Gasteiger partial charge is 0.264 e. The van der Waals surface area contributed by atoms with E-state index in [-0.39, 0.29) is 11.5 Å². The molecule has 0 aromatic carbocycles. The van der Waals surface area contributed by atoms with Gasteiger partial charge < -0.3 is 14.4 Å². The van der Waals surface area contributed by atoms with E-state index >= 15 is 0 Å². The Balaban J connectivity index is 2.01. The Bertz CT molecular complexity index is 756. The second kappa shape index (κ2) is 5.23. The number of thiophene rings is 1. The molecule has 0 spiro atoms. The van der Waals surface area contributed by atoms with E-state index < -0.39 is 0 Å². The predicted octanol–water partition coefficient (Wildman–Crippen LogP) is 0.691. The normalized spacial score (nSPS) is 16.6. The molecule has 2 aromatic rings. The molecule has 0 saturated carbocycles. The molecule has 1 fully saturated rings. The average Bonchev–Trinajstić information content (AvgIpc) is 2.81. The van der Waals surface area contributed by atoms with Crippen molar-refractivity contribution >= 4 is 27.5 Å². The van der Waals surface area contributed by atoms with Gasteiger partial charge in [-0.25, -0.2) is 4.98 Å². The number of carbonyl (C=O) groups excluding carboxylic acids is 1. The van der Waals surface area contributed by atoms with Crippen LogP contribution < -0.4 is 5.56 Å². The summed E-state index contributed by atoms with van der Waals surface area (Å²) in [5.41, 5.74) is 0.666. The zero-order valence-electron chi connectivity index (χ0n) is 12.4. The molecule has 0 aliphatic carbocycles. The molecule has 112 valence electrons. The number of hydrogen-bond acceptors (Lipinski definition) is 5. The fraction of sp³-hybridized carbons (Fsp3) is 0.500. The fourth-order valence-corrected chi connectivity index (χ4v) is 3.67. The highest BCUT2D eigenvalue weighted by molar-refractivity contribution is 7.20. The number of nitrogens with zero attached hydrogens (tertiary/aromatic N) is 4. The minimum atomic E-state index is -0.0915. The van der Waals surface area contributed by atoms with Gasteiger partial charge in [0.1, 0.15) is 4.83 Å². The molecule has 0 N–H and O–H groups in total. The van der Waals surface area contributed by atoms with E-state index in [0.29, 0.717) is 15.1 Å². The summed E-state index contributed by atoms with van der Waals surface area (Å²) in [5.74, 6) is 0.0191. The molecule has 7 heteroatoms. The molecule has 0 atom stereocenters. The molecule has 21 heavy (non-hydrogen) atoms. The number of aromatic nitrogens is 2. The van der Waals surface area contributed by atoms with Crippen molar-refractivity contribution in [2.75, 3.05) is 33.2 Å². The molecule has 3 heterocycles. The van der Waals surface area contributed by atoms with Crippen LogP contribution >= 0.6 is 11.3 Å². The fourth-order valence-electron chi connectivity index (χ4n) is 2.57. The molecule has 2 aromatic heterocycles. The minimum absolute atomic E-state index is 0.0191.